The molecule has 0 aliphatic heterocycles. The molecule has 0 saturated heterocycles. The van der Waals surface area contributed by atoms with Crippen molar-refractivity contribution in [3.63, 3.8) is 0 Å². The summed E-state index contributed by atoms with van der Waals surface area (Å²) >= 11 is 5.91. The topological polar surface area (TPSA) is 47.6 Å². The van der Waals surface area contributed by atoms with Crippen molar-refractivity contribution < 1.29 is 14.3 Å². The summed E-state index contributed by atoms with van der Waals surface area (Å²) in [6.07, 6.45) is 0.946. The molecular weight excluding hydrogens is 338 g/mol. The van der Waals surface area contributed by atoms with Gasteiger partial charge in [0.05, 0.1) is 19.8 Å². The molecule has 0 aliphatic carbocycles. The van der Waals surface area contributed by atoms with Crippen LogP contribution in [0.4, 0.5) is 0 Å². The molecule has 0 bridgehead atoms. The molecule has 0 unspecified atom stereocenters. The largest absolute Gasteiger partial charge is 0.496 e. The van der Waals surface area contributed by atoms with Crippen molar-refractivity contribution in [2.45, 2.75) is 32.9 Å². The summed E-state index contributed by atoms with van der Waals surface area (Å²) in [6.45, 7) is 5.09. The van der Waals surface area contributed by atoms with Gasteiger partial charge >= 0.3 is 0 Å². The second-order valence-corrected chi connectivity index (χ2v) is 6.26. The molecule has 1 N–H and O–H groups in total. The van der Waals surface area contributed by atoms with Crippen molar-refractivity contribution >= 4 is 17.5 Å². The summed E-state index contributed by atoms with van der Waals surface area (Å²) in [5, 5.41) is 3.68. The van der Waals surface area contributed by atoms with Crippen LogP contribution in [0.1, 0.15) is 47.8 Å². The molecule has 0 spiro atoms. The first-order chi connectivity index (χ1) is 12.0. The Labute approximate surface area is 154 Å². The minimum absolute atomic E-state index is 0.119. The van der Waals surface area contributed by atoms with E-state index in [0.29, 0.717) is 23.8 Å². The lowest BCUT2D eigenvalue weighted by molar-refractivity contribution is 0.0939. The van der Waals surface area contributed by atoms with Gasteiger partial charge in [0.2, 0.25) is 0 Å². The summed E-state index contributed by atoms with van der Waals surface area (Å²) in [7, 11) is 1.61. The predicted octanol–water partition coefficient (Wildman–Crippen LogP) is 4.77. The third-order valence-electron chi connectivity index (χ3n) is 3.87. The van der Waals surface area contributed by atoms with Crippen molar-refractivity contribution in [2.24, 2.45) is 0 Å². The Kier molecular flexibility index (Phi) is 7.29. The molecule has 1 atom stereocenters. The average molecular weight is 362 g/mol. The Balaban J connectivity index is 2.09. The number of benzene rings is 2. The van der Waals surface area contributed by atoms with Gasteiger partial charge in [0.1, 0.15) is 5.75 Å². The van der Waals surface area contributed by atoms with E-state index in [1.165, 1.54) is 0 Å². The Morgan fingerprint density at radius 2 is 1.92 bits per heavy atom. The monoisotopic (exact) mass is 361 g/mol. The Morgan fingerprint density at radius 3 is 2.56 bits per heavy atom. The van der Waals surface area contributed by atoms with Crippen molar-refractivity contribution in [3.05, 3.63) is 64.2 Å². The van der Waals surface area contributed by atoms with Gasteiger partial charge in [0.25, 0.3) is 5.91 Å². The van der Waals surface area contributed by atoms with Crippen LogP contribution in [0.3, 0.4) is 0 Å². The van der Waals surface area contributed by atoms with E-state index in [0.717, 1.165) is 23.3 Å². The zero-order valence-electron chi connectivity index (χ0n) is 14.8. The lowest BCUT2D eigenvalue weighted by Gasteiger charge is -2.16. The zero-order chi connectivity index (χ0) is 18.2. The van der Waals surface area contributed by atoms with Gasteiger partial charge in [-0.1, -0.05) is 30.7 Å². The number of hydrogen-bond donors (Lipinski definition) is 1. The van der Waals surface area contributed by atoms with Crippen LogP contribution in [-0.4, -0.2) is 19.6 Å². The highest BCUT2D eigenvalue weighted by Crippen LogP contribution is 2.22. The lowest BCUT2D eigenvalue weighted by atomic mass is 10.1. The number of amides is 1. The summed E-state index contributed by atoms with van der Waals surface area (Å²) < 4.78 is 10.9. The van der Waals surface area contributed by atoms with E-state index in [1.807, 2.05) is 37.3 Å². The smallest absolute Gasteiger partial charge is 0.251 e. The van der Waals surface area contributed by atoms with Crippen LogP contribution in [0.15, 0.2) is 42.5 Å². The Bertz CT molecular complexity index is 701. The van der Waals surface area contributed by atoms with Gasteiger partial charge in [-0.05, 0) is 49.2 Å². The van der Waals surface area contributed by atoms with Crippen LogP contribution in [0, 0.1) is 0 Å². The maximum atomic E-state index is 12.6. The molecule has 0 aromatic heterocycles. The molecule has 0 radical (unpaired) electrons. The summed E-state index contributed by atoms with van der Waals surface area (Å²) in [4.78, 5) is 12.6. The number of hydrogen-bond acceptors (Lipinski definition) is 3. The van der Waals surface area contributed by atoms with Gasteiger partial charge < -0.3 is 14.8 Å². The van der Waals surface area contributed by atoms with E-state index in [1.54, 1.807) is 19.2 Å². The molecule has 0 aliphatic rings. The molecule has 0 heterocycles. The van der Waals surface area contributed by atoms with Crippen molar-refractivity contribution in [1.29, 1.82) is 0 Å². The fourth-order valence-electron chi connectivity index (χ4n) is 2.47. The number of ether oxygens (including phenoxy) is 2. The van der Waals surface area contributed by atoms with Gasteiger partial charge in [0, 0.05) is 22.8 Å². The first-order valence-corrected chi connectivity index (χ1v) is 8.74. The molecule has 5 heteroatoms. The maximum Gasteiger partial charge on any atom is 0.251 e. The fraction of sp³-hybridized carbons (Fsp3) is 0.350. The molecule has 2 rings (SSSR count). The number of carbonyl (C=O) groups excluding carboxylic acids is 1. The van der Waals surface area contributed by atoms with E-state index in [4.69, 9.17) is 21.1 Å². The number of nitrogens with one attached hydrogen (secondary N) is 1. The first-order valence-electron chi connectivity index (χ1n) is 8.36. The normalized spacial score (nSPS) is 11.8. The molecule has 25 heavy (non-hydrogen) atoms. The lowest BCUT2D eigenvalue weighted by Crippen LogP contribution is -2.26. The van der Waals surface area contributed by atoms with Gasteiger partial charge in [0.15, 0.2) is 0 Å². The number of methoxy groups -OCH3 is 1. The van der Waals surface area contributed by atoms with Crippen molar-refractivity contribution in [1.82, 2.24) is 5.32 Å². The Morgan fingerprint density at radius 1 is 1.20 bits per heavy atom. The van der Waals surface area contributed by atoms with Gasteiger partial charge in [-0.2, -0.15) is 0 Å². The van der Waals surface area contributed by atoms with Crippen molar-refractivity contribution in [2.75, 3.05) is 13.7 Å². The zero-order valence-corrected chi connectivity index (χ0v) is 15.6. The molecule has 1 amide bonds. The average Bonchev–Trinajstić information content (AvgIpc) is 2.62. The molecule has 0 saturated carbocycles. The second-order valence-electron chi connectivity index (χ2n) is 5.83. The minimum Gasteiger partial charge on any atom is -0.496 e. The van der Waals surface area contributed by atoms with E-state index >= 15 is 0 Å². The van der Waals surface area contributed by atoms with Gasteiger partial charge in [-0.3, -0.25) is 4.79 Å². The maximum absolute atomic E-state index is 12.6. The third-order valence-corrected chi connectivity index (χ3v) is 4.12. The molecule has 134 valence electrons. The SMILES string of the molecule is CCCOCc1cc(C(=O)N[C@H](C)c2ccc(Cl)cc2)ccc1OC. The number of rotatable bonds is 8. The van der Waals surface area contributed by atoms with E-state index < -0.39 is 0 Å². The second kappa shape index (κ2) is 9.44. The predicted molar refractivity (Wildman–Crippen MR) is 100 cm³/mol. The standard InChI is InChI=1S/C20H24ClNO3/c1-4-11-25-13-17-12-16(7-10-19(17)24-3)20(23)22-14(2)15-5-8-18(21)9-6-15/h5-10,12,14H,4,11,13H2,1-3H3,(H,22,23)/t14-/m1/s1. The summed E-state index contributed by atoms with van der Waals surface area (Å²) in [6, 6.07) is 12.7. The number of halogens is 1. The van der Waals surface area contributed by atoms with E-state index in [9.17, 15) is 4.79 Å². The quantitative estimate of drug-likeness (QED) is 0.689. The first kappa shape index (κ1) is 19.3. The van der Waals surface area contributed by atoms with Crippen LogP contribution in [0.5, 0.6) is 5.75 Å². The fourth-order valence-corrected chi connectivity index (χ4v) is 2.60. The van der Waals surface area contributed by atoms with Crippen LogP contribution in [0.2, 0.25) is 5.02 Å². The molecule has 4 nitrogen and oxygen atoms in total. The highest BCUT2D eigenvalue weighted by Gasteiger charge is 2.14. The van der Waals surface area contributed by atoms with E-state index in [2.05, 4.69) is 12.2 Å². The number of carbonyl (C=O) groups is 1. The summed E-state index contributed by atoms with van der Waals surface area (Å²) in [5.74, 6) is 0.584. The van der Waals surface area contributed by atoms with Crippen LogP contribution in [0.25, 0.3) is 0 Å². The molecule has 2 aromatic rings. The van der Waals surface area contributed by atoms with Crippen LogP contribution < -0.4 is 10.1 Å². The molecular formula is C20H24ClNO3. The molecule has 2 aromatic carbocycles. The van der Waals surface area contributed by atoms with Crippen molar-refractivity contribution in [3.8, 4) is 5.75 Å². The van der Waals surface area contributed by atoms with E-state index in [-0.39, 0.29) is 11.9 Å². The molecule has 0 fully saturated rings. The highest BCUT2D eigenvalue weighted by molar-refractivity contribution is 6.30. The minimum atomic E-state index is -0.137. The third kappa shape index (κ3) is 5.48. The Hall–Kier alpha value is -2.04. The van der Waals surface area contributed by atoms with Gasteiger partial charge in [-0.15, -0.1) is 0 Å². The van der Waals surface area contributed by atoms with Crippen LogP contribution >= 0.6 is 11.6 Å². The highest BCUT2D eigenvalue weighted by atomic mass is 35.5. The van der Waals surface area contributed by atoms with Crippen LogP contribution in [-0.2, 0) is 11.3 Å². The summed E-state index contributed by atoms with van der Waals surface area (Å²) in [5.41, 5.74) is 2.44. The van der Waals surface area contributed by atoms with Gasteiger partial charge in [-0.25, -0.2) is 0 Å².